The van der Waals surface area contributed by atoms with E-state index in [2.05, 4.69) is 33.3 Å². The SMILES string of the molecule is CN=C(NCCSC)NCc1cccc(NC(=O)C2CCCCC2)c1. The zero-order valence-electron chi connectivity index (χ0n) is 15.3. The number of nitrogens with zero attached hydrogens (tertiary/aromatic N) is 1. The minimum Gasteiger partial charge on any atom is -0.356 e. The van der Waals surface area contributed by atoms with Crippen molar-refractivity contribution < 1.29 is 4.79 Å². The summed E-state index contributed by atoms with van der Waals surface area (Å²) in [6.45, 7) is 1.56. The molecule has 1 saturated carbocycles. The molecule has 0 radical (unpaired) electrons. The molecule has 1 aromatic carbocycles. The third-order valence-corrected chi connectivity index (χ3v) is 5.07. The molecule has 0 unspecified atom stereocenters. The minimum atomic E-state index is 0.166. The highest BCUT2D eigenvalue weighted by atomic mass is 32.2. The van der Waals surface area contributed by atoms with Crippen LogP contribution in [0.1, 0.15) is 37.7 Å². The average molecular weight is 363 g/mol. The molecule has 25 heavy (non-hydrogen) atoms. The van der Waals surface area contributed by atoms with Gasteiger partial charge in [0.2, 0.25) is 5.91 Å². The van der Waals surface area contributed by atoms with Crippen molar-refractivity contribution in [3.8, 4) is 0 Å². The summed E-state index contributed by atoms with van der Waals surface area (Å²) in [6.07, 6.45) is 7.73. The second-order valence-electron chi connectivity index (χ2n) is 6.37. The standard InChI is InChI=1S/C19H30N4OS/c1-20-19(21-11-12-25-2)22-14-15-7-6-10-17(13-15)23-18(24)16-8-4-3-5-9-16/h6-7,10,13,16H,3-5,8-9,11-12,14H2,1-2H3,(H,23,24)(H2,20,21,22). The number of amides is 1. The molecule has 5 nitrogen and oxygen atoms in total. The van der Waals surface area contributed by atoms with Crippen molar-refractivity contribution in [1.29, 1.82) is 0 Å². The second-order valence-corrected chi connectivity index (χ2v) is 7.36. The van der Waals surface area contributed by atoms with E-state index in [0.29, 0.717) is 6.54 Å². The van der Waals surface area contributed by atoms with Crippen LogP contribution in [0.4, 0.5) is 5.69 Å². The molecular formula is C19H30N4OS. The average Bonchev–Trinajstić information content (AvgIpc) is 2.65. The molecular weight excluding hydrogens is 332 g/mol. The molecule has 0 spiro atoms. The maximum atomic E-state index is 12.4. The van der Waals surface area contributed by atoms with E-state index in [1.807, 2.05) is 18.2 Å². The van der Waals surface area contributed by atoms with Gasteiger partial charge in [-0.05, 0) is 36.8 Å². The van der Waals surface area contributed by atoms with E-state index >= 15 is 0 Å². The number of thioether (sulfide) groups is 1. The Kier molecular flexibility index (Phi) is 8.66. The smallest absolute Gasteiger partial charge is 0.227 e. The van der Waals surface area contributed by atoms with Gasteiger partial charge in [-0.2, -0.15) is 11.8 Å². The van der Waals surface area contributed by atoms with E-state index in [1.165, 1.54) is 19.3 Å². The Morgan fingerprint density at radius 1 is 1.24 bits per heavy atom. The van der Waals surface area contributed by atoms with Crippen LogP contribution in [-0.2, 0) is 11.3 Å². The lowest BCUT2D eigenvalue weighted by Crippen LogP contribution is -2.37. The summed E-state index contributed by atoms with van der Waals surface area (Å²) >= 11 is 1.80. The van der Waals surface area contributed by atoms with Crippen LogP contribution < -0.4 is 16.0 Å². The summed E-state index contributed by atoms with van der Waals surface area (Å²) in [7, 11) is 1.77. The van der Waals surface area contributed by atoms with Crippen LogP contribution in [0.25, 0.3) is 0 Å². The Labute approximate surface area is 155 Å². The first-order valence-electron chi connectivity index (χ1n) is 9.06. The van der Waals surface area contributed by atoms with Crippen molar-refractivity contribution in [2.24, 2.45) is 10.9 Å². The Bertz CT molecular complexity index is 570. The number of benzene rings is 1. The topological polar surface area (TPSA) is 65.5 Å². The summed E-state index contributed by atoms with van der Waals surface area (Å²) in [6, 6.07) is 8.02. The first-order chi connectivity index (χ1) is 12.2. The van der Waals surface area contributed by atoms with Crippen LogP contribution in [0, 0.1) is 5.92 Å². The number of rotatable bonds is 7. The number of nitrogens with one attached hydrogen (secondary N) is 3. The molecule has 1 fully saturated rings. The molecule has 0 bridgehead atoms. The van der Waals surface area contributed by atoms with E-state index in [-0.39, 0.29) is 11.8 Å². The number of hydrogen-bond acceptors (Lipinski definition) is 3. The minimum absolute atomic E-state index is 0.166. The summed E-state index contributed by atoms with van der Waals surface area (Å²) < 4.78 is 0. The molecule has 0 aromatic heterocycles. The van der Waals surface area contributed by atoms with E-state index in [0.717, 1.165) is 42.3 Å². The molecule has 2 rings (SSSR count). The fourth-order valence-electron chi connectivity index (χ4n) is 3.05. The Morgan fingerprint density at radius 2 is 2.04 bits per heavy atom. The molecule has 0 atom stereocenters. The monoisotopic (exact) mass is 362 g/mol. The van der Waals surface area contributed by atoms with Crippen molar-refractivity contribution in [2.75, 3.05) is 30.9 Å². The highest BCUT2D eigenvalue weighted by molar-refractivity contribution is 7.98. The molecule has 0 aliphatic heterocycles. The van der Waals surface area contributed by atoms with Crippen molar-refractivity contribution in [1.82, 2.24) is 10.6 Å². The van der Waals surface area contributed by atoms with Crippen molar-refractivity contribution >= 4 is 29.3 Å². The largest absolute Gasteiger partial charge is 0.356 e. The third kappa shape index (κ3) is 6.98. The maximum Gasteiger partial charge on any atom is 0.227 e. The Hall–Kier alpha value is -1.69. The fourth-order valence-corrected chi connectivity index (χ4v) is 3.35. The van der Waals surface area contributed by atoms with Gasteiger partial charge in [-0.1, -0.05) is 31.4 Å². The van der Waals surface area contributed by atoms with Crippen LogP contribution in [-0.4, -0.2) is 37.5 Å². The van der Waals surface area contributed by atoms with Gasteiger partial charge in [0.25, 0.3) is 0 Å². The predicted molar refractivity (Wildman–Crippen MR) is 108 cm³/mol. The van der Waals surface area contributed by atoms with Crippen LogP contribution in [0.2, 0.25) is 0 Å². The lowest BCUT2D eigenvalue weighted by molar-refractivity contribution is -0.120. The molecule has 138 valence electrons. The molecule has 3 N–H and O–H groups in total. The van der Waals surface area contributed by atoms with Gasteiger partial charge in [-0.25, -0.2) is 0 Å². The predicted octanol–water partition coefficient (Wildman–Crippen LogP) is 3.23. The number of aliphatic imine (C=N–C) groups is 1. The molecule has 1 amide bonds. The highest BCUT2D eigenvalue weighted by Gasteiger charge is 2.20. The number of guanidine groups is 1. The van der Waals surface area contributed by atoms with Gasteiger partial charge in [0.05, 0.1) is 0 Å². The zero-order valence-corrected chi connectivity index (χ0v) is 16.1. The Balaban J connectivity index is 1.84. The molecule has 0 heterocycles. The summed E-state index contributed by atoms with van der Waals surface area (Å²) in [4.78, 5) is 16.6. The van der Waals surface area contributed by atoms with Crippen LogP contribution >= 0.6 is 11.8 Å². The summed E-state index contributed by atoms with van der Waals surface area (Å²) in [5, 5.41) is 9.66. The lowest BCUT2D eigenvalue weighted by atomic mass is 9.88. The van der Waals surface area contributed by atoms with E-state index in [1.54, 1.807) is 18.8 Å². The van der Waals surface area contributed by atoms with Crippen LogP contribution in [0.5, 0.6) is 0 Å². The van der Waals surface area contributed by atoms with Gasteiger partial charge in [-0.3, -0.25) is 9.79 Å². The van der Waals surface area contributed by atoms with Crippen LogP contribution in [0.3, 0.4) is 0 Å². The molecule has 1 aromatic rings. The maximum absolute atomic E-state index is 12.4. The van der Waals surface area contributed by atoms with Gasteiger partial charge in [0.15, 0.2) is 5.96 Å². The van der Waals surface area contributed by atoms with Crippen molar-refractivity contribution in [3.05, 3.63) is 29.8 Å². The van der Waals surface area contributed by atoms with Crippen molar-refractivity contribution in [2.45, 2.75) is 38.6 Å². The molecule has 1 aliphatic carbocycles. The van der Waals surface area contributed by atoms with Gasteiger partial charge in [-0.15, -0.1) is 0 Å². The van der Waals surface area contributed by atoms with Crippen molar-refractivity contribution in [3.63, 3.8) is 0 Å². The van der Waals surface area contributed by atoms with Gasteiger partial charge in [0.1, 0.15) is 0 Å². The quantitative estimate of drug-likeness (QED) is 0.396. The number of anilines is 1. The van der Waals surface area contributed by atoms with Gasteiger partial charge in [0, 0.05) is 37.5 Å². The Morgan fingerprint density at radius 3 is 2.76 bits per heavy atom. The first-order valence-corrected chi connectivity index (χ1v) is 10.5. The molecule has 0 saturated heterocycles. The van der Waals surface area contributed by atoms with E-state index in [9.17, 15) is 4.79 Å². The second kappa shape index (κ2) is 11.0. The van der Waals surface area contributed by atoms with E-state index in [4.69, 9.17) is 0 Å². The molecule has 6 heteroatoms. The first kappa shape index (κ1) is 19.6. The van der Waals surface area contributed by atoms with Gasteiger partial charge >= 0.3 is 0 Å². The lowest BCUT2D eigenvalue weighted by Gasteiger charge is -2.21. The van der Waals surface area contributed by atoms with Gasteiger partial charge < -0.3 is 16.0 Å². The summed E-state index contributed by atoms with van der Waals surface area (Å²) in [5.41, 5.74) is 1.99. The highest BCUT2D eigenvalue weighted by Crippen LogP contribution is 2.25. The molecule has 1 aliphatic rings. The van der Waals surface area contributed by atoms with E-state index < -0.39 is 0 Å². The number of hydrogen-bond donors (Lipinski definition) is 3. The van der Waals surface area contributed by atoms with Crippen LogP contribution in [0.15, 0.2) is 29.3 Å². The number of carbonyl (C=O) groups is 1. The normalized spacial score (nSPS) is 15.7. The fraction of sp³-hybridized carbons (Fsp3) is 0.579. The number of carbonyl (C=O) groups excluding carboxylic acids is 1. The third-order valence-electron chi connectivity index (χ3n) is 4.45. The zero-order chi connectivity index (χ0) is 17.9. The summed E-state index contributed by atoms with van der Waals surface area (Å²) in [5.74, 6) is 2.18.